The third kappa shape index (κ3) is 3.01. The van der Waals surface area contributed by atoms with Crippen molar-refractivity contribution in [3.05, 3.63) is 63.7 Å². The van der Waals surface area contributed by atoms with E-state index >= 15 is 0 Å². The highest BCUT2D eigenvalue weighted by Gasteiger charge is 2.06. The zero-order chi connectivity index (χ0) is 13.8. The molecule has 0 amide bonds. The van der Waals surface area contributed by atoms with E-state index in [1.54, 1.807) is 37.3 Å². The number of hydrogen-bond donors (Lipinski definition) is 1. The average molecular weight is 259 g/mol. The third-order valence-corrected chi connectivity index (χ3v) is 2.80. The maximum Gasteiger partial charge on any atom is 0.269 e. The summed E-state index contributed by atoms with van der Waals surface area (Å²) in [5.41, 5.74) is 1.55. The first-order chi connectivity index (χ1) is 9.08. The monoisotopic (exact) mass is 259 g/mol. The number of phenolic OH excluding ortho intramolecular Hbond substituents is 1. The van der Waals surface area contributed by atoms with Gasteiger partial charge < -0.3 is 9.84 Å². The minimum Gasteiger partial charge on any atom is -0.508 e. The minimum absolute atomic E-state index is 0.0530. The van der Waals surface area contributed by atoms with Gasteiger partial charge in [-0.1, -0.05) is 6.07 Å². The molecule has 0 saturated heterocycles. The predicted octanol–water partition coefficient (Wildman–Crippen LogP) is 3.19. The molecule has 0 aromatic heterocycles. The second kappa shape index (κ2) is 5.39. The van der Waals surface area contributed by atoms with Crippen LogP contribution < -0.4 is 4.74 Å². The Hall–Kier alpha value is -2.56. The highest BCUT2D eigenvalue weighted by atomic mass is 16.6. The minimum atomic E-state index is -0.440. The van der Waals surface area contributed by atoms with E-state index in [9.17, 15) is 15.2 Å². The van der Waals surface area contributed by atoms with Crippen molar-refractivity contribution in [2.75, 3.05) is 0 Å². The van der Waals surface area contributed by atoms with Crippen LogP contribution in [0, 0.1) is 17.0 Å². The van der Waals surface area contributed by atoms with E-state index < -0.39 is 4.92 Å². The van der Waals surface area contributed by atoms with Gasteiger partial charge in [0.2, 0.25) is 0 Å². The molecule has 0 fully saturated rings. The molecular formula is C14H13NO4. The maximum absolute atomic E-state index is 10.5. The Bertz CT molecular complexity index is 593. The molecule has 5 nitrogen and oxygen atoms in total. The van der Waals surface area contributed by atoms with Gasteiger partial charge in [-0.25, -0.2) is 0 Å². The summed E-state index contributed by atoms with van der Waals surface area (Å²) in [4.78, 5) is 10.1. The van der Waals surface area contributed by atoms with E-state index in [1.165, 1.54) is 12.1 Å². The standard InChI is InChI=1S/C14H13NO4/c1-10-13(16)3-2-4-14(10)19-9-11-5-7-12(8-6-11)15(17)18/h2-8,16H,9H2,1H3. The van der Waals surface area contributed by atoms with Gasteiger partial charge in [0.25, 0.3) is 5.69 Å². The summed E-state index contributed by atoms with van der Waals surface area (Å²) < 4.78 is 5.57. The Balaban J connectivity index is 2.06. The third-order valence-electron chi connectivity index (χ3n) is 2.80. The van der Waals surface area contributed by atoms with Crippen molar-refractivity contribution in [3.8, 4) is 11.5 Å². The average Bonchev–Trinajstić information content (AvgIpc) is 2.41. The largest absolute Gasteiger partial charge is 0.508 e. The number of aromatic hydroxyl groups is 1. The van der Waals surface area contributed by atoms with Crippen LogP contribution in [0.3, 0.4) is 0 Å². The second-order valence-corrected chi connectivity index (χ2v) is 4.11. The summed E-state index contributed by atoms with van der Waals surface area (Å²) in [5.74, 6) is 0.777. The van der Waals surface area contributed by atoms with Gasteiger partial charge in [-0.3, -0.25) is 10.1 Å². The highest BCUT2D eigenvalue weighted by molar-refractivity contribution is 5.42. The Kier molecular flexibility index (Phi) is 3.66. The fraction of sp³-hybridized carbons (Fsp3) is 0.143. The van der Waals surface area contributed by atoms with Gasteiger partial charge in [-0.05, 0) is 36.8 Å². The summed E-state index contributed by atoms with van der Waals surface area (Å²) in [5, 5.41) is 20.1. The molecule has 0 aliphatic heterocycles. The van der Waals surface area contributed by atoms with Crippen LogP contribution in [-0.2, 0) is 6.61 Å². The zero-order valence-corrected chi connectivity index (χ0v) is 10.4. The van der Waals surface area contributed by atoms with Crippen LogP contribution in [0.1, 0.15) is 11.1 Å². The molecule has 0 bridgehead atoms. The van der Waals surface area contributed by atoms with Crippen molar-refractivity contribution in [3.63, 3.8) is 0 Å². The van der Waals surface area contributed by atoms with Crippen molar-refractivity contribution in [1.29, 1.82) is 0 Å². The van der Waals surface area contributed by atoms with Gasteiger partial charge in [0.15, 0.2) is 0 Å². The Labute approximate surface area is 110 Å². The van der Waals surface area contributed by atoms with E-state index in [4.69, 9.17) is 4.74 Å². The Morgan fingerprint density at radius 1 is 1.21 bits per heavy atom. The number of hydrogen-bond acceptors (Lipinski definition) is 4. The molecule has 0 heterocycles. The molecule has 0 unspecified atom stereocenters. The molecule has 0 aliphatic rings. The van der Waals surface area contributed by atoms with Gasteiger partial charge in [-0.15, -0.1) is 0 Å². The lowest BCUT2D eigenvalue weighted by Crippen LogP contribution is -1.97. The SMILES string of the molecule is Cc1c(O)cccc1OCc1ccc([N+](=O)[O-])cc1. The summed E-state index contributed by atoms with van der Waals surface area (Å²) in [7, 11) is 0. The zero-order valence-electron chi connectivity index (χ0n) is 10.4. The molecule has 2 aromatic carbocycles. The molecule has 0 saturated carbocycles. The van der Waals surface area contributed by atoms with Crippen LogP contribution in [0.4, 0.5) is 5.69 Å². The van der Waals surface area contributed by atoms with E-state index in [1.807, 2.05) is 0 Å². The normalized spacial score (nSPS) is 10.2. The Morgan fingerprint density at radius 3 is 2.53 bits per heavy atom. The second-order valence-electron chi connectivity index (χ2n) is 4.11. The number of nitrogens with zero attached hydrogens (tertiary/aromatic N) is 1. The maximum atomic E-state index is 10.5. The van der Waals surface area contributed by atoms with E-state index in [0.29, 0.717) is 17.9 Å². The quantitative estimate of drug-likeness (QED) is 0.676. The first-order valence-corrected chi connectivity index (χ1v) is 5.72. The van der Waals surface area contributed by atoms with Crippen molar-refractivity contribution in [1.82, 2.24) is 0 Å². The summed E-state index contributed by atoms with van der Waals surface area (Å²) >= 11 is 0. The molecule has 19 heavy (non-hydrogen) atoms. The van der Waals surface area contributed by atoms with Crippen molar-refractivity contribution < 1.29 is 14.8 Å². The van der Waals surface area contributed by atoms with Crippen LogP contribution in [0.2, 0.25) is 0 Å². The van der Waals surface area contributed by atoms with Crippen LogP contribution in [0.5, 0.6) is 11.5 Å². The number of rotatable bonds is 4. The molecule has 0 atom stereocenters. The van der Waals surface area contributed by atoms with Gasteiger partial charge in [0, 0.05) is 17.7 Å². The van der Waals surface area contributed by atoms with Crippen LogP contribution in [-0.4, -0.2) is 10.0 Å². The number of ether oxygens (including phenoxy) is 1. The summed E-state index contributed by atoms with van der Waals surface area (Å²) in [6.45, 7) is 2.06. The molecule has 2 rings (SSSR count). The lowest BCUT2D eigenvalue weighted by Gasteiger charge is -2.09. The first kappa shape index (κ1) is 12.9. The lowest BCUT2D eigenvalue weighted by atomic mass is 10.2. The van der Waals surface area contributed by atoms with E-state index in [-0.39, 0.29) is 11.4 Å². The number of nitro groups is 1. The van der Waals surface area contributed by atoms with E-state index in [2.05, 4.69) is 0 Å². The van der Waals surface area contributed by atoms with Crippen LogP contribution in [0.25, 0.3) is 0 Å². The molecule has 5 heteroatoms. The molecule has 0 aliphatic carbocycles. The summed E-state index contributed by atoms with van der Waals surface area (Å²) in [6, 6.07) is 11.2. The highest BCUT2D eigenvalue weighted by Crippen LogP contribution is 2.26. The van der Waals surface area contributed by atoms with Crippen molar-refractivity contribution in [2.45, 2.75) is 13.5 Å². The Morgan fingerprint density at radius 2 is 1.89 bits per heavy atom. The topological polar surface area (TPSA) is 72.6 Å². The molecular weight excluding hydrogens is 246 g/mol. The van der Waals surface area contributed by atoms with Gasteiger partial charge in [0.05, 0.1) is 4.92 Å². The fourth-order valence-electron chi connectivity index (χ4n) is 1.63. The van der Waals surface area contributed by atoms with Crippen molar-refractivity contribution >= 4 is 5.69 Å². The van der Waals surface area contributed by atoms with Crippen molar-refractivity contribution in [2.24, 2.45) is 0 Å². The molecule has 1 N–H and O–H groups in total. The van der Waals surface area contributed by atoms with Crippen LogP contribution >= 0.6 is 0 Å². The molecule has 2 aromatic rings. The molecule has 0 spiro atoms. The number of nitro benzene ring substituents is 1. The number of benzene rings is 2. The molecule has 98 valence electrons. The number of phenols is 1. The molecule has 0 radical (unpaired) electrons. The fourth-order valence-corrected chi connectivity index (χ4v) is 1.63. The smallest absolute Gasteiger partial charge is 0.269 e. The van der Waals surface area contributed by atoms with E-state index in [0.717, 1.165) is 5.56 Å². The van der Waals surface area contributed by atoms with Crippen LogP contribution in [0.15, 0.2) is 42.5 Å². The van der Waals surface area contributed by atoms with Gasteiger partial charge >= 0.3 is 0 Å². The predicted molar refractivity (Wildman–Crippen MR) is 70.3 cm³/mol. The first-order valence-electron chi connectivity index (χ1n) is 5.72. The van der Waals surface area contributed by atoms with Gasteiger partial charge in [-0.2, -0.15) is 0 Å². The lowest BCUT2D eigenvalue weighted by molar-refractivity contribution is -0.384. The van der Waals surface area contributed by atoms with Gasteiger partial charge in [0.1, 0.15) is 18.1 Å². The summed E-state index contributed by atoms with van der Waals surface area (Å²) in [6.07, 6.45) is 0. The number of non-ortho nitro benzene ring substituents is 1.